The van der Waals surface area contributed by atoms with Crippen LogP contribution in [0.4, 0.5) is 0 Å². The Labute approximate surface area is 168 Å². The highest BCUT2D eigenvalue weighted by Crippen LogP contribution is 2.36. The molecule has 144 valence electrons. The number of nitrogens with one attached hydrogen (secondary N) is 2. The molecule has 2 aromatic carbocycles. The minimum atomic E-state index is 0.675. The van der Waals surface area contributed by atoms with Crippen molar-refractivity contribution < 1.29 is 9.47 Å². The molecule has 0 saturated carbocycles. The number of halogens is 1. The van der Waals surface area contributed by atoms with Crippen LogP contribution < -0.4 is 14.8 Å². The third-order valence-electron chi connectivity index (χ3n) is 4.27. The summed E-state index contributed by atoms with van der Waals surface area (Å²) in [6.45, 7) is 4.46. The third-order valence-corrected chi connectivity index (χ3v) is 4.86. The van der Waals surface area contributed by atoms with Gasteiger partial charge in [-0.05, 0) is 65.1 Å². The number of aromatic nitrogens is 2. The molecule has 0 saturated heterocycles. The molecule has 1 heterocycles. The normalized spacial score (nSPS) is 11.1. The van der Waals surface area contributed by atoms with Gasteiger partial charge >= 0.3 is 0 Å². The number of hydrogen-bond acceptors (Lipinski definition) is 4. The van der Waals surface area contributed by atoms with Gasteiger partial charge in [-0.15, -0.1) is 0 Å². The van der Waals surface area contributed by atoms with Crippen LogP contribution in [-0.4, -0.2) is 30.2 Å². The van der Waals surface area contributed by atoms with E-state index in [1.54, 1.807) is 7.11 Å². The van der Waals surface area contributed by atoms with Gasteiger partial charge in [-0.2, -0.15) is 0 Å². The first-order chi connectivity index (χ1) is 13.2. The maximum absolute atomic E-state index is 5.78. The average Bonchev–Trinajstić information content (AvgIpc) is 3.09. The number of imidazole rings is 1. The lowest BCUT2D eigenvalue weighted by molar-refractivity contribution is 0.292. The van der Waals surface area contributed by atoms with Crippen molar-refractivity contribution in [1.29, 1.82) is 0 Å². The average molecular weight is 432 g/mol. The molecule has 3 aromatic rings. The Morgan fingerprint density at radius 1 is 1.22 bits per heavy atom. The fourth-order valence-corrected chi connectivity index (χ4v) is 3.56. The van der Waals surface area contributed by atoms with E-state index in [0.29, 0.717) is 6.61 Å². The monoisotopic (exact) mass is 431 g/mol. The zero-order valence-corrected chi connectivity index (χ0v) is 17.4. The first-order valence-corrected chi connectivity index (χ1v) is 10.1. The van der Waals surface area contributed by atoms with E-state index in [2.05, 4.69) is 50.3 Å². The molecular formula is C21H26BrN3O2. The summed E-state index contributed by atoms with van der Waals surface area (Å²) < 4.78 is 12.2. The van der Waals surface area contributed by atoms with Crippen LogP contribution in [0.5, 0.6) is 11.5 Å². The molecule has 0 unspecified atom stereocenters. The van der Waals surface area contributed by atoms with Crippen molar-refractivity contribution >= 4 is 27.0 Å². The van der Waals surface area contributed by atoms with Gasteiger partial charge in [0.1, 0.15) is 5.82 Å². The van der Waals surface area contributed by atoms with Gasteiger partial charge in [0, 0.05) is 13.0 Å². The molecule has 0 bridgehead atoms. The molecule has 0 fully saturated rings. The standard InChI is InChI=1S/C21H26BrN3O2/c1-3-11-27-21-16(22)12-15(13-19(21)26-2)14-23-10-6-9-20-24-17-7-4-5-8-18(17)25-20/h4-5,7-8,12-13,23H,3,6,9-11,14H2,1-2H3,(H,24,25). The van der Waals surface area contributed by atoms with Gasteiger partial charge in [-0.3, -0.25) is 0 Å². The molecular weight excluding hydrogens is 406 g/mol. The van der Waals surface area contributed by atoms with E-state index in [9.17, 15) is 0 Å². The van der Waals surface area contributed by atoms with Crippen molar-refractivity contribution in [2.75, 3.05) is 20.3 Å². The zero-order chi connectivity index (χ0) is 19.1. The van der Waals surface area contributed by atoms with Crippen LogP contribution in [0, 0.1) is 0 Å². The van der Waals surface area contributed by atoms with Crippen LogP contribution in [0.25, 0.3) is 11.0 Å². The van der Waals surface area contributed by atoms with Gasteiger partial charge in [0.05, 0.1) is 29.2 Å². The lowest BCUT2D eigenvalue weighted by atomic mass is 10.2. The Kier molecular flexibility index (Phi) is 7.12. The summed E-state index contributed by atoms with van der Waals surface area (Å²) in [6, 6.07) is 12.2. The van der Waals surface area contributed by atoms with Crippen molar-refractivity contribution in [1.82, 2.24) is 15.3 Å². The minimum Gasteiger partial charge on any atom is -0.493 e. The molecule has 5 nitrogen and oxygen atoms in total. The van der Waals surface area contributed by atoms with E-state index >= 15 is 0 Å². The van der Waals surface area contributed by atoms with E-state index < -0.39 is 0 Å². The third kappa shape index (κ3) is 5.23. The summed E-state index contributed by atoms with van der Waals surface area (Å²) in [5.74, 6) is 2.57. The molecule has 0 spiro atoms. The number of methoxy groups -OCH3 is 1. The molecule has 0 radical (unpaired) electrons. The lowest BCUT2D eigenvalue weighted by Crippen LogP contribution is -2.15. The molecule has 27 heavy (non-hydrogen) atoms. The fraction of sp³-hybridized carbons (Fsp3) is 0.381. The quantitative estimate of drug-likeness (QED) is 0.450. The fourth-order valence-electron chi connectivity index (χ4n) is 2.96. The van der Waals surface area contributed by atoms with Crippen LogP contribution >= 0.6 is 15.9 Å². The largest absolute Gasteiger partial charge is 0.493 e. The van der Waals surface area contributed by atoms with Gasteiger partial charge in [0.2, 0.25) is 0 Å². The van der Waals surface area contributed by atoms with Crippen LogP contribution in [0.1, 0.15) is 31.2 Å². The van der Waals surface area contributed by atoms with Gasteiger partial charge in [0.15, 0.2) is 11.5 Å². The predicted octanol–water partition coefficient (Wildman–Crippen LogP) is 4.85. The summed E-state index contributed by atoms with van der Waals surface area (Å²) in [7, 11) is 1.67. The first-order valence-electron chi connectivity index (χ1n) is 9.34. The van der Waals surface area contributed by atoms with Crippen LogP contribution in [0.2, 0.25) is 0 Å². The van der Waals surface area contributed by atoms with Crippen molar-refractivity contribution in [3.63, 3.8) is 0 Å². The van der Waals surface area contributed by atoms with Crippen molar-refractivity contribution in [2.24, 2.45) is 0 Å². The number of para-hydroxylation sites is 2. The first kappa shape index (κ1) is 19.7. The van der Waals surface area contributed by atoms with E-state index in [0.717, 1.165) is 70.7 Å². The number of fused-ring (bicyclic) bond motifs is 1. The second kappa shape index (κ2) is 9.76. The van der Waals surface area contributed by atoms with Gasteiger partial charge in [-0.25, -0.2) is 4.98 Å². The Balaban J connectivity index is 1.49. The van der Waals surface area contributed by atoms with Crippen molar-refractivity contribution in [2.45, 2.75) is 32.7 Å². The molecule has 0 aliphatic rings. The predicted molar refractivity (Wildman–Crippen MR) is 113 cm³/mol. The van der Waals surface area contributed by atoms with Crippen molar-refractivity contribution in [3.05, 3.63) is 52.3 Å². The number of nitrogens with zero attached hydrogens (tertiary/aromatic N) is 1. The second-order valence-electron chi connectivity index (χ2n) is 6.44. The van der Waals surface area contributed by atoms with Crippen LogP contribution in [0.3, 0.4) is 0 Å². The molecule has 0 amide bonds. The number of benzene rings is 2. The number of aromatic amines is 1. The van der Waals surface area contributed by atoms with E-state index in [1.165, 1.54) is 0 Å². The summed E-state index contributed by atoms with van der Waals surface area (Å²) in [4.78, 5) is 7.99. The van der Waals surface area contributed by atoms with Crippen LogP contribution in [0.15, 0.2) is 40.9 Å². The molecule has 1 aromatic heterocycles. The number of H-pyrrole nitrogens is 1. The Morgan fingerprint density at radius 3 is 2.85 bits per heavy atom. The summed E-state index contributed by atoms with van der Waals surface area (Å²) >= 11 is 3.59. The summed E-state index contributed by atoms with van der Waals surface area (Å²) in [5.41, 5.74) is 3.29. The topological polar surface area (TPSA) is 59.2 Å². The van der Waals surface area contributed by atoms with Gasteiger partial charge in [0.25, 0.3) is 0 Å². The zero-order valence-electron chi connectivity index (χ0n) is 15.8. The molecule has 6 heteroatoms. The smallest absolute Gasteiger partial charge is 0.175 e. The lowest BCUT2D eigenvalue weighted by Gasteiger charge is -2.14. The SMILES string of the molecule is CCCOc1c(Br)cc(CNCCCc2nc3ccccc3[nH]2)cc1OC. The van der Waals surface area contributed by atoms with Gasteiger partial charge in [-0.1, -0.05) is 19.1 Å². The molecule has 3 rings (SSSR count). The number of aryl methyl sites for hydroxylation is 1. The van der Waals surface area contributed by atoms with Crippen molar-refractivity contribution in [3.8, 4) is 11.5 Å². The highest BCUT2D eigenvalue weighted by Gasteiger charge is 2.11. The Morgan fingerprint density at radius 2 is 2.07 bits per heavy atom. The molecule has 0 atom stereocenters. The summed E-state index contributed by atoms with van der Waals surface area (Å²) in [6.07, 6.45) is 2.92. The maximum atomic E-state index is 5.78. The Bertz CT molecular complexity index is 846. The second-order valence-corrected chi connectivity index (χ2v) is 7.29. The van der Waals surface area contributed by atoms with E-state index in [4.69, 9.17) is 9.47 Å². The number of ether oxygens (including phenoxy) is 2. The molecule has 2 N–H and O–H groups in total. The highest BCUT2D eigenvalue weighted by atomic mass is 79.9. The van der Waals surface area contributed by atoms with Gasteiger partial charge < -0.3 is 19.8 Å². The van der Waals surface area contributed by atoms with Crippen LogP contribution in [-0.2, 0) is 13.0 Å². The maximum Gasteiger partial charge on any atom is 0.175 e. The minimum absolute atomic E-state index is 0.675. The Hall–Kier alpha value is -2.05. The summed E-state index contributed by atoms with van der Waals surface area (Å²) in [5, 5.41) is 3.49. The number of hydrogen-bond donors (Lipinski definition) is 2. The molecule has 0 aliphatic heterocycles. The molecule has 0 aliphatic carbocycles. The highest BCUT2D eigenvalue weighted by molar-refractivity contribution is 9.10. The number of rotatable bonds is 10. The van der Waals surface area contributed by atoms with E-state index in [-0.39, 0.29) is 0 Å². The van der Waals surface area contributed by atoms with E-state index in [1.807, 2.05) is 24.3 Å².